The molecular formula is C23H27ClN2O3. The molecule has 3 rings (SSSR count). The smallest absolute Gasteiger partial charge is 0.255 e. The van der Waals surface area contributed by atoms with E-state index >= 15 is 0 Å². The van der Waals surface area contributed by atoms with E-state index in [2.05, 4.69) is 5.32 Å². The van der Waals surface area contributed by atoms with Crippen molar-refractivity contribution in [1.29, 1.82) is 0 Å². The molecule has 0 unspecified atom stereocenters. The minimum absolute atomic E-state index is 0.0112. The molecule has 1 fully saturated rings. The van der Waals surface area contributed by atoms with Crippen molar-refractivity contribution in [3.8, 4) is 5.75 Å². The molecule has 5 nitrogen and oxygen atoms in total. The molecule has 0 spiro atoms. The Balaban J connectivity index is 1.54. The van der Waals surface area contributed by atoms with E-state index in [1.807, 2.05) is 43.0 Å². The molecule has 0 saturated carbocycles. The molecule has 29 heavy (non-hydrogen) atoms. The number of benzene rings is 2. The third kappa shape index (κ3) is 5.51. The minimum Gasteiger partial charge on any atom is -0.494 e. The van der Waals surface area contributed by atoms with Gasteiger partial charge in [0.05, 0.1) is 17.9 Å². The fourth-order valence-electron chi connectivity index (χ4n) is 3.43. The number of amides is 2. The summed E-state index contributed by atoms with van der Waals surface area (Å²) in [5.41, 5.74) is 3.02. The number of ether oxygens (including phenoxy) is 1. The molecule has 0 bridgehead atoms. The molecule has 1 heterocycles. The first-order valence-corrected chi connectivity index (χ1v) is 10.4. The van der Waals surface area contributed by atoms with Gasteiger partial charge in [0.1, 0.15) is 5.75 Å². The van der Waals surface area contributed by atoms with Crippen LogP contribution in [-0.2, 0) is 4.79 Å². The van der Waals surface area contributed by atoms with Gasteiger partial charge in [-0.25, -0.2) is 0 Å². The van der Waals surface area contributed by atoms with Gasteiger partial charge in [0.2, 0.25) is 5.91 Å². The number of halogens is 1. The van der Waals surface area contributed by atoms with E-state index in [1.165, 1.54) is 0 Å². The van der Waals surface area contributed by atoms with Gasteiger partial charge >= 0.3 is 0 Å². The molecule has 0 aliphatic carbocycles. The van der Waals surface area contributed by atoms with Gasteiger partial charge in [-0.1, -0.05) is 23.7 Å². The van der Waals surface area contributed by atoms with Crippen molar-refractivity contribution >= 4 is 29.1 Å². The molecule has 2 aromatic carbocycles. The summed E-state index contributed by atoms with van der Waals surface area (Å²) in [6, 6.07) is 11.1. The first kappa shape index (κ1) is 21.2. The zero-order chi connectivity index (χ0) is 20.8. The van der Waals surface area contributed by atoms with E-state index in [0.29, 0.717) is 35.7 Å². The van der Waals surface area contributed by atoms with Crippen LogP contribution in [0.4, 0.5) is 5.69 Å². The molecule has 1 saturated heterocycles. The van der Waals surface area contributed by atoms with Crippen LogP contribution in [-0.4, -0.2) is 36.4 Å². The van der Waals surface area contributed by atoms with Crippen molar-refractivity contribution in [1.82, 2.24) is 4.90 Å². The van der Waals surface area contributed by atoms with Crippen LogP contribution in [0.5, 0.6) is 5.75 Å². The van der Waals surface area contributed by atoms with Crippen molar-refractivity contribution in [2.24, 2.45) is 0 Å². The number of para-hydroxylation sites is 1. The number of hydrogen-bond acceptors (Lipinski definition) is 3. The quantitative estimate of drug-likeness (QED) is 0.649. The average Bonchev–Trinajstić information content (AvgIpc) is 3.24. The van der Waals surface area contributed by atoms with E-state index < -0.39 is 0 Å². The highest BCUT2D eigenvalue weighted by atomic mass is 35.5. The molecule has 0 radical (unpaired) electrons. The van der Waals surface area contributed by atoms with Gasteiger partial charge in [0, 0.05) is 24.5 Å². The number of likely N-dealkylation sites (tertiary alicyclic amines) is 1. The summed E-state index contributed by atoms with van der Waals surface area (Å²) < 4.78 is 5.70. The molecule has 0 aromatic heterocycles. The highest BCUT2D eigenvalue weighted by molar-refractivity contribution is 6.31. The van der Waals surface area contributed by atoms with Crippen LogP contribution < -0.4 is 10.1 Å². The number of carbonyl (C=O) groups excluding carboxylic acids is 2. The maximum Gasteiger partial charge on any atom is 0.255 e. The predicted octanol–water partition coefficient (Wildman–Crippen LogP) is 4.99. The number of carbonyl (C=O) groups is 2. The standard InChI is InChI=1S/C23H27ClN2O3/c1-16-7-5-8-19(23(28)26-12-3-4-13-26)22(16)25-21(27)9-6-14-29-18-10-11-20(24)17(2)15-18/h5,7-8,10-11,15H,3-4,6,9,12-14H2,1-2H3,(H,25,27). The van der Waals surface area contributed by atoms with Crippen molar-refractivity contribution in [2.45, 2.75) is 39.5 Å². The molecule has 6 heteroatoms. The minimum atomic E-state index is -0.120. The summed E-state index contributed by atoms with van der Waals surface area (Å²) >= 11 is 6.01. The largest absolute Gasteiger partial charge is 0.494 e. The summed E-state index contributed by atoms with van der Waals surface area (Å²) in [6.45, 7) is 5.82. The molecule has 1 aliphatic heterocycles. The van der Waals surface area contributed by atoms with Crippen molar-refractivity contribution in [3.63, 3.8) is 0 Å². The van der Waals surface area contributed by atoms with E-state index in [1.54, 1.807) is 12.1 Å². The molecule has 1 N–H and O–H groups in total. The fourth-order valence-corrected chi connectivity index (χ4v) is 3.55. The van der Waals surface area contributed by atoms with Crippen LogP contribution in [0.2, 0.25) is 5.02 Å². The number of anilines is 1. The third-order valence-electron chi connectivity index (χ3n) is 5.11. The SMILES string of the molecule is Cc1cc(OCCCC(=O)Nc2c(C)cccc2C(=O)N2CCCC2)ccc1Cl. The van der Waals surface area contributed by atoms with Crippen molar-refractivity contribution in [3.05, 3.63) is 58.1 Å². The number of nitrogens with zero attached hydrogens (tertiary/aromatic N) is 1. The highest BCUT2D eigenvalue weighted by Gasteiger charge is 2.23. The second-order valence-corrected chi connectivity index (χ2v) is 7.82. The number of aryl methyl sites for hydroxylation is 2. The maximum atomic E-state index is 12.8. The third-order valence-corrected chi connectivity index (χ3v) is 5.53. The van der Waals surface area contributed by atoms with E-state index in [4.69, 9.17) is 16.3 Å². The maximum absolute atomic E-state index is 12.8. The average molecular weight is 415 g/mol. The Hall–Kier alpha value is -2.53. The summed E-state index contributed by atoms with van der Waals surface area (Å²) in [4.78, 5) is 27.1. The van der Waals surface area contributed by atoms with Gasteiger partial charge in [0.25, 0.3) is 5.91 Å². The Morgan fingerprint density at radius 1 is 1.10 bits per heavy atom. The van der Waals surface area contributed by atoms with Crippen LogP contribution in [0.3, 0.4) is 0 Å². The Morgan fingerprint density at radius 3 is 2.59 bits per heavy atom. The second kappa shape index (κ2) is 9.79. The topological polar surface area (TPSA) is 58.6 Å². The Kier molecular flexibility index (Phi) is 7.15. The van der Waals surface area contributed by atoms with Gasteiger partial charge in [0.15, 0.2) is 0 Å². The molecule has 1 aliphatic rings. The molecule has 2 amide bonds. The van der Waals surface area contributed by atoms with E-state index in [9.17, 15) is 9.59 Å². The van der Waals surface area contributed by atoms with Crippen LogP contribution in [0.25, 0.3) is 0 Å². The summed E-state index contributed by atoms with van der Waals surface area (Å²) in [6.07, 6.45) is 2.96. The van der Waals surface area contributed by atoms with Gasteiger partial charge in [-0.2, -0.15) is 0 Å². The zero-order valence-corrected chi connectivity index (χ0v) is 17.7. The lowest BCUT2D eigenvalue weighted by Gasteiger charge is -2.19. The van der Waals surface area contributed by atoms with Crippen LogP contribution in [0, 0.1) is 13.8 Å². The number of rotatable bonds is 7. The van der Waals surface area contributed by atoms with Crippen molar-refractivity contribution in [2.75, 3.05) is 25.0 Å². The lowest BCUT2D eigenvalue weighted by molar-refractivity contribution is -0.116. The number of nitrogens with one attached hydrogen (secondary N) is 1. The van der Waals surface area contributed by atoms with Crippen LogP contribution in [0.1, 0.15) is 47.2 Å². The second-order valence-electron chi connectivity index (χ2n) is 7.41. The molecule has 2 aromatic rings. The fraction of sp³-hybridized carbons (Fsp3) is 0.391. The highest BCUT2D eigenvalue weighted by Crippen LogP contribution is 2.24. The van der Waals surface area contributed by atoms with Crippen LogP contribution >= 0.6 is 11.6 Å². The Labute approximate surface area is 177 Å². The zero-order valence-electron chi connectivity index (χ0n) is 17.0. The summed E-state index contributed by atoms with van der Waals surface area (Å²) in [5, 5.41) is 3.64. The summed E-state index contributed by atoms with van der Waals surface area (Å²) in [7, 11) is 0. The lowest BCUT2D eigenvalue weighted by Crippen LogP contribution is -2.29. The predicted molar refractivity (Wildman–Crippen MR) is 116 cm³/mol. The lowest BCUT2D eigenvalue weighted by atomic mass is 10.1. The monoisotopic (exact) mass is 414 g/mol. The van der Waals surface area contributed by atoms with E-state index in [0.717, 1.165) is 42.8 Å². The van der Waals surface area contributed by atoms with Gasteiger partial charge < -0.3 is 15.0 Å². The Bertz CT molecular complexity index is 892. The van der Waals surface area contributed by atoms with Gasteiger partial charge in [-0.3, -0.25) is 9.59 Å². The Morgan fingerprint density at radius 2 is 1.86 bits per heavy atom. The first-order chi connectivity index (χ1) is 14.0. The van der Waals surface area contributed by atoms with Crippen molar-refractivity contribution < 1.29 is 14.3 Å². The molecule has 154 valence electrons. The molecular weight excluding hydrogens is 388 g/mol. The molecule has 0 atom stereocenters. The van der Waals surface area contributed by atoms with Gasteiger partial charge in [-0.05, 0) is 68.5 Å². The summed E-state index contributed by atoms with van der Waals surface area (Å²) in [5.74, 6) is 0.610. The number of hydrogen-bond donors (Lipinski definition) is 1. The van der Waals surface area contributed by atoms with E-state index in [-0.39, 0.29) is 11.8 Å². The first-order valence-electron chi connectivity index (χ1n) is 10.0. The van der Waals surface area contributed by atoms with Gasteiger partial charge in [-0.15, -0.1) is 0 Å². The van der Waals surface area contributed by atoms with Crippen LogP contribution in [0.15, 0.2) is 36.4 Å². The normalized spacial score (nSPS) is 13.4.